The van der Waals surface area contributed by atoms with Crippen LogP contribution in [0.1, 0.15) is 38.5 Å². The van der Waals surface area contributed by atoms with Crippen LogP contribution in [-0.2, 0) is 4.79 Å². The number of hydrogen-bond acceptors (Lipinski definition) is 4. The average Bonchev–Trinajstić information content (AvgIpc) is 3.20. The van der Waals surface area contributed by atoms with Crippen molar-refractivity contribution in [2.45, 2.75) is 55.5 Å². The van der Waals surface area contributed by atoms with E-state index in [0.717, 1.165) is 30.6 Å². The Kier molecular flexibility index (Phi) is 4.66. The number of nitro benzene ring substituents is 1. The summed E-state index contributed by atoms with van der Waals surface area (Å²) < 4.78 is 0. The molecule has 2 aliphatic carbocycles. The van der Waals surface area contributed by atoms with Gasteiger partial charge in [-0.05, 0) is 37.8 Å². The van der Waals surface area contributed by atoms with Gasteiger partial charge < -0.3 is 4.90 Å². The topological polar surface area (TPSA) is 63.4 Å². The molecule has 1 amide bonds. The minimum absolute atomic E-state index is 0.0845. The van der Waals surface area contributed by atoms with Gasteiger partial charge in [-0.25, -0.2) is 0 Å². The van der Waals surface area contributed by atoms with Gasteiger partial charge in [0.15, 0.2) is 0 Å². The third kappa shape index (κ3) is 3.61. The Labute approximate surface area is 134 Å². The standard InChI is InChI=1S/C16H20N2O3S/c19-16(17(13-5-6-13)12-3-1-2-4-12)11-22-15-9-7-14(8-10-15)18(20)21/h7-10,12-13H,1-6,11H2. The minimum atomic E-state index is -0.408. The van der Waals surface area contributed by atoms with E-state index in [4.69, 9.17) is 0 Å². The Morgan fingerprint density at radius 3 is 2.27 bits per heavy atom. The van der Waals surface area contributed by atoms with Crippen molar-refractivity contribution < 1.29 is 9.72 Å². The number of benzene rings is 1. The smallest absolute Gasteiger partial charge is 0.269 e. The van der Waals surface area contributed by atoms with Gasteiger partial charge >= 0.3 is 0 Å². The first-order valence-electron chi connectivity index (χ1n) is 7.83. The van der Waals surface area contributed by atoms with Crippen molar-refractivity contribution in [3.63, 3.8) is 0 Å². The van der Waals surface area contributed by atoms with Crippen LogP contribution in [0.4, 0.5) is 5.69 Å². The van der Waals surface area contributed by atoms with Crippen LogP contribution in [0.3, 0.4) is 0 Å². The first kappa shape index (κ1) is 15.3. The summed E-state index contributed by atoms with van der Waals surface area (Å²) in [7, 11) is 0. The fraction of sp³-hybridized carbons (Fsp3) is 0.562. The average molecular weight is 320 g/mol. The fourth-order valence-corrected chi connectivity index (χ4v) is 3.89. The van der Waals surface area contributed by atoms with Crippen LogP contribution in [0.5, 0.6) is 0 Å². The Morgan fingerprint density at radius 2 is 1.73 bits per heavy atom. The molecule has 0 spiro atoms. The van der Waals surface area contributed by atoms with Gasteiger partial charge in [0.2, 0.25) is 5.91 Å². The highest BCUT2D eigenvalue weighted by Crippen LogP contribution is 2.35. The van der Waals surface area contributed by atoms with Crippen LogP contribution >= 0.6 is 11.8 Å². The molecule has 2 fully saturated rings. The second-order valence-electron chi connectivity index (χ2n) is 6.01. The van der Waals surface area contributed by atoms with E-state index in [9.17, 15) is 14.9 Å². The van der Waals surface area contributed by atoms with Gasteiger partial charge in [-0.1, -0.05) is 12.8 Å². The van der Waals surface area contributed by atoms with Crippen LogP contribution in [-0.4, -0.2) is 33.6 Å². The molecule has 0 atom stereocenters. The van der Waals surface area contributed by atoms with Crippen LogP contribution in [0.2, 0.25) is 0 Å². The molecule has 0 heterocycles. The number of hydrogen-bond donors (Lipinski definition) is 0. The summed E-state index contributed by atoms with van der Waals surface area (Å²) in [5.41, 5.74) is 0.0845. The molecule has 118 valence electrons. The number of nitro groups is 1. The predicted octanol–water partition coefficient (Wildman–Crippen LogP) is 3.62. The lowest BCUT2D eigenvalue weighted by Gasteiger charge is -2.29. The highest BCUT2D eigenvalue weighted by Gasteiger charge is 2.37. The lowest BCUT2D eigenvalue weighted by molar-refractivity contribution is -0.384. The van der Waals surface area contributed by atoms with Crippen molar-refractivity contribution in [3.05, 3.63) is 34.4 Å². The first-order valence-corrected chi connectivity index (χ1v) is 8.82. The Bertz CT molecular complexity index is 551. The van der Waals surface area contributed by atoms with E-state index in [0.29, 0.717) is 17.8 Å². The Hall–Kier alpha value is -1.56. The van der Waals surface area contributed by atoms with E-state index < -0.39 is 4.92 Å². The van der Waals surface area contributed by atoms with Gasteiger partial charge in [0.1, 0.15) is 0 Å². The van der Waals surface area contributed by atoms with Gasteiger partial charge in [0.25, 0.3) is 5.69 Å². The fourth-order valence-electron chi connectivity index (χ4n) is 3.12. The number of amides is 1. The van der Waals surface area contributed by atoms with E-state index in [2.05, 4.69) is 4.90 Å². The number of carbonyl (C=O) groups is 1. The molecule has 0 aromatic heterocycles. The van der Waals surface area contributed by atoms with Crippen LogP contribution in [0.25, 0.3) is 0 Å². The van der Waals surface area contributed by atoms with Crippen LogP contribution in [0, 0.1) is 10.1 Å². The molecule has 2 saturated carbocycles. The minimum Gasteiger partial charge on any atom is -0.336 e. The van der Waals surface area contributed by atoms with E-state index in [1.165, 1.54) is 36.7 Å². The molecule has 0 saturated heterocycles. The maximum absolute atomic E-state index is 12.6. The number of rotatable bonds is 6. The second-order valence-corrected chi connectivity index (χ2v) is 7.06. The summed E-state index contributed by atoms with van der Waals surface area (Å²) in [5, 5.41) is 10.6. The zero-order valence-corrected chi connectivity index (χ0v) is 13.3. The zero-order chi connectivity index (χ0) is 15.5. The van der Waals surface area contributed by atoms with Gasteiger partial charge in [0.05, 0.1) is 10.7 Å². The van der Waals surface area contributed by atoms with Crippen molar-refractivity contribution in [1.82, 2.24) is 4.90 Å². The summed E-state index contributed by atoms with van der Waals surface area (Å²) in [5.74, 6) is 0.642. The summed E-state index contributed by atoms with van der Waals surface area (Å²) in [6.45, 7) is 0. The highest BCUT2D eigenvalue weighted by molar-refractivity contribution is 8.00. The van der Waals surface area contributed by atoms with Gasteiger partial charge in [-0.2, -0.15) is 0 Å². The van der Waals surface area contributed by atoms with Crippen molar-refractivity contribution in [2.75, 3.05) is 5.75 Å². The summed E-state index contributed by atoms with van der Waals surface area (Å²) in [4.78, 5) is 25.8. The molecule has 0 aliphatic heterocycles. The molecular weight excluding hydrogens is 300 g/mol. The van der Waals surface area contributed by atoms with Gasteiger partial charge in [-0.15, -0.1) is 11.8 Å². The van der Waals surface area contributed by atoms with E-state index in [-0.39, 0.29) is 11.6 Å². The predicted molar refractivity (Wildman–Crippen MR) is 85.9 cm³/mol. The number of nitrogens with zero attached hydrogens (tertiary/aromatic N) is 2. The van der Waals surface area contributed by atoms with E-state index in [1.807, 2.05) is 0 Å². The van der Waals surface area contributed by atoms with E-state index >= 15 is 0 Å². The monoisotopic (exact) mass is 320 g/mol. The largest absolute Gasteiger partial charge is 0.336 e. The van der Waals surface area contributed by atoms with Gasteiger partial charge in [-0.3, -0.25) is 14.9 Å². The normalized spacial score (nSPS) is 18.4. The van der Waals surface area contributed by atoms with Crippen molar-refractivity contribution in [1.29, 1.82) is 0 Å². The van der Waals surface area contributed by atoms with Gasteiger partial charge in [0, 0.05) is 29.1 Å². The molecule has 0 bridgehead atoms. The molecular formula is C16H20N2O3S. The third-order valence-corrected chi connectivity index (χ3v) is 5.35. The molecule has 0 radical (unpaired) electrons. The van der Waals surface area contributed by atoms with Crippen LogP contribution in [0.15, 0.2) is 29.2 Å². The Balaban J connectivity index is 1.57. The molecule has 0 unspecified atom stereocenters. The first-order chi connectivity index (χ1) is 10.6. The number of thioether (sulfide) groups is 1. The van der Waals surface area contributed by atoms with Crippen LogP contribution < -0.4 is 0 Å². The van der Waals surface area contributed by atoms with Crippen molar-refractivity contribution >= 4 is 23.4 Å². The number of non-ortho nitro benzene ring substituents is 1. The lowest BCUT2D eigenvalue weighted by atomic mass is 10.2. The summed E-state index contributed by atoms with van der Waals surface area (Å²) >= 11 is 1.47. The second kappa shape index (κ2) is 6.69. The molecule has 22 heavy (non-hydrogen) atoms. The highest BCUT2D eigenvalue weighted by atomic mass is 32.2. The van der Waals surface area contributed by atoms with Crippen molar-refractivity contribution in [3.8, 4) is 0 Å². The summed E-state index contributed by atoms with van der Waals surface area (Å²) in [6.07, 6.45) is 7.04. The SMILES string of the molecule is O=C(CSc1ccc([N+](=O)[O-])cc1)N(C1CCCC1)C1CC1. The quantitative estimate of drug-likeness (QED) is 0.456. The zero-order valence-electron chi connectivity index (χ0n) is 12.4. The molecule has 5 nitrogen and oxygen atoms in total. The molecule has 3 rings (SSSR count). The number of carbonyl (C=O) groups excluding carboxylic acids is 1. The molecule has 6 heteroatoms. The Morgan fingerprint density at radius 1 is 1.14 bits per heavy atom. The summed E-state index contributed by atoms with van der Waals surface area (Å²) in [6, 6.07) is 7.32. The van der Waals surface area contributed by atoms with E-state index in [1.54, 1.807) is 12.1 Å². The molecule has 1 aromatic carbocycles. The molecule has 0 N–H and O–H groups in total. The molecule has 1 aromatic rings. The molecule has 2 aliphatic rings. The third-order valence-electron chi connectivity index (χ3n) is 4.36. The maximum atomic E-state index is 12.6. The lowest BCUT2D eigenvalue weighted by Crippen LogP contribution is -2.41. The maximum Gasteiger partial charge on any atom is 0.269 e. The van der Waals surface area contributed by atoms with Crippen molar-refractivity contribution in [2.24, 2.45) is 0 Å².